The van der Waals surface area contributed by atoms with Gasteiger partial charge in [-0.3, -0.25) is 5.32 Å². The quantitative estimate of drug-likeness (QED) is 0.924. The lowest BCUT2D eigenvalue weighted by atomic mass is 10.2. The molecule has 2 amide bonds. The zero-order valence-corrected chi connectivity index (χ0v) is 13.3. The number of amides is 2. The van der Waals surface area contributed by atoms with E-state index in [0.29, 0.717) is 24.0 Å². The smallest absolute Gasteiger partial charge is 0.323 e. The lowest BCUT2D eigenvalue weighted by Crippen LogP contribution is -2.49. The minimum atomic E-state index is -0.155. The first-order valence-electron chi connectivity index (χ1n) is 7.22. The van der Waals surface area contributed by atoms with Gasteiger partial charge in [-0.15, -0.1) is 0 Å². The van der Waals surface area contributed by atoms with Crippen LogP contribution in [0.2, 0.25) is 0 Å². The van der Waals surface area contributed by atoms with Crippen LogP contribution in [0.5, 0.6) is 0 Å². The molecule has 0 bridgehead atoms. The topological polar surface area (TPSA) is 67.4 Å². The largest absolute Gasteiger partial charge is 0.372 e. The van der Waals surface area contributed by atoms with Gasteiger partial charge in [0.2, 0.25) is 5.13 Å². The van der Waals surface area contributed by atoms with Crippen molar-refractivity contribution < 1.29 is 9.53 Å². The van der Waals surface area contributed by atoms with Gasteiger partial charge in [-0.05, 0) is 13.8 Å². The van der Waals surface area contributed by atoms with E-state index < -0.39 is 0 Å². The molecule has 1 N–H and O–H groups in total. The summed E-state index contributed by atoms with van der Waals surface area (Å²) >= 11 is 1.19. The van der Waals surface area contributed by atoms with Crippen LogP contribution in [-0.4, -0.2) is 45.6 Å². The van der Waals surface area contributed by atoms with Gasteiger partial charge in [0, 0.05) is 30.2 Å². The number of hydrogen-bond acceptors (Lipinski definition) is 5. The number of benzene rings is 1. The van der Waals surface area contributed by atoms with Gasteiger partial charge in [-0.25, -0.2) is 4.79 Å². The maximum absolute atomic E-state index is 12.3. The second-order valence-corrected chi connectivity index (χ2v) is 6.13. The zero-order chi connectivity index (χ0) is 15.5. The number of nitrogens with zero attached hydrogens (tertiary/aromatic N) is 3. The first-order chi connectivity index (χ1) is 10.6. The van der Waals surface area contributed by atoms with Crippen LogP contribution in [0.1, 0.15) is 13.8 Å². The van der Waals surface area contributed by atoms with Gasteiger partial charge < -0.3 is 9.64 Å². The standard InChI is InChI=1S/C15H18N4O2S/c1-10-8-19(9-11(2)21-10)15(20)17-14-16-13(18-22-14)12-6-4-3-5-7-12/h3-7,10-11H,8-9H2,1-2H3,(H,16,17,18,20). The first kappa shape index (κ1) is 14.9. The maximum atomic E-state index is 12.3. The van der Waals surface area contributed by atoms with Gasteiger partial charge >= 0.3 is 6.03 Å². The molecular weight excluding hydrogens is 300 g/mol. The molecule has 116 valence electrons. The number of nitrogens with one attached hydrogen (secondary N) is 1. The summed E-state index contributed by atoms with van der Waals surface area (Å²) in [6.07, 6.45) is 0.0904. The third kappa shape index (κ3) is 3.42. The van der Waals surface area contributed by atoms with Crippen molar-refractivity contribution in [1.82, 2.24) is 14.3 Å². The summed E-state index contributed by atoms with van der Waals surface area (Å²) in [5, 5.41) is 3.33. The van der Waals surface area contributed by atoms with E-state index in [4.69, 9.17) is 4.74 Å². The average Bonchev–Trinajstić information content (AvgIpc) is 2.95. The summed E-state index contributed by atoms with van der Waals surface area (Å²) in [5.74, 6) is 0.629. The molecule has 2 aromatic rings. The maximum Gasteiger partial charge on any atom is 0.323 e. The van der Waals surface area contributed by atoms with Gasteiger partial charge in [-0.1, -0.05) is 30.3 Å². The van der Waals surface area contributed by atoms with Crippen molar-refractivity contribution in [2.75, 3.05) is 18.4 Å². The van der Waals surface area contributed by atoms with Crippen molar-refractivity contribution in [2.24, 2.45) is 0 Å². The van der Waals surface area contributed by atoms with Crippen molar-refractivity contribution in [3.8, 4) is 11.4 Å². The number of carbonyl (C=O) groups excluding carboxylic acids is 1. The molecular formula is C15H18N4O2S. The fourth-order valence-corrected chi connectivity index (χ4v) is 3.07. The van der Waals surface area contributed by atoms with Gasteiger partial charge in [-0.2, -0.15) is 9.36 Å². The molecule has 2 heterocycles. The number of rotatable bonds is 2. The molecule has 1 aliphatic heterocycles. The Kier molecular flexibility index (Phi) is 4.35. The number of ether oxygens (including phenoxy) is 1. The minimum Gasteiger partial charge on any atom is -0.372 e. The van der Waals surface area contributed by atoms with Gasteiger partial charge in [0.15, 0.2) is 5.82 Å². The monoisotopic (exact) mass is 318 g/mol. The van der Waals surface area contributed by atoms with Crippen LogP contribution >= 0.6 is 11.5 Å². The lowest BCUT2D eigenvalue weighted by Gasteiger charge is -2.34. The van der Waals surface area contributed by atoms with Crippen molar-refractivity contribution >= 4 is 22.7 Å². The van der Waals surface area contributed by atoms with Crippen LogP contribution in [0.4, 0.5) is 9.93 Å². The molecule has 1 fully saturated rings. The minimum absolute atomic E-state index is 0.0452. The zero-order valence-electron chi connectivity index (χ0n) is 12.5. The highest BCUT2D eigenvalue weighted by Gasteiger charge is 2.26. The second-order valence-electron chi connectivity index (χ2n) is 5.38. The molecule has 2 atom stereocenters. The molecule has 6 nitrogen and oxygen atoms in total. The molecule has 1 saturated heterocycles. The van der Waals surface area contributed by atoms with Crippen molar-refractivity contribution in [1.29, 1.82) is 0 Å². The lowest BCUT2D eigenvalue weighted by molar-refractivity contribution is -0.0530. The Balaban J connectivity index is 1.66. The van der Waals surface area contributed by atoms with E-state index in [1.807, 2.05) is 44.2 Å². The van der Waals surface area contributed by atoms with E-state index in [9.17, 15) is 4.79 Å². The van der Waals surface area contributed by atoms with E-state index in [1.165, 1.54) is 11.5 Å². The Morgan fingerprint density at radius 3 is 2.64 bits per heavy atom. The Morgan fingerprint density at radius 2 is 1.95 bits per heavy atom. The fourth-order valence-electron chi connectivity index (χ4n) is 2.49. The molecule has 0 spiro atoms. The number of aromatic nitrogens is 2. The number of hydrogen-bond donors (Lipinski definition) is 1. The van der Waals surface area contributed by atoms with Gasteiger partial charge in [0.05, 0.1) is 12.2 Å². The highest BCUT2D eigenvalue weighted by Crippen LogP contribution is 2.21. The van der Waals surface area contributed by atoms with Crippen molar-refractivity contribution in [3.05, 3.63) is 30.3 Å². The molecule has 1 aliphatic rings. The van der Waals surface area contributed by atoms with Crippen LogP contribution in [-0.2, 0) is 4.74 Å². The number of urea groups is 1. The molecule has 0 radical (unpaired) electrons. The Hall–Kier alpha value is -1.99. The molecule has 7 heteroatoms. The number of morpholine rings is 1. The summed E-state index contributed by atoms with van der Waals surface area (Å²) in [5.41, 5.74) is 0.938. The summed E-state index contributed by atoms with van der Waals surface area (Å²) in [6, 6.07) is 9.55. The summed E-state index contributed by atoms with van der Waals surface area (Å²) < 4.78 is 9.92. The number of carbonyl (C=O) groups is 1. The van der Waals surface area contributed by atoms with Crippen molar-refractivity contribution in [2.45, 2.75) is 26.1 Å². The third-order valence-electron chi connectivity index (χ3n) is 3.38. The van der Waals surface area contributed by atoms with Gasteiger partial charge in [0.25, 0.3) is 0 Å². The normalized spacial score (nSPS) is 21.6. The van der Waals surface area contributed by atoms with Crippen LogP contribution in [0.15, 0.2) is 30.3 Å². The molecule has 3 rings (SSSR count). The molecule has 0 aliphatic carbocycles. The molecule has 1 aromatic heterocycles. The van der Waals surface area contributed by atoms with Crippen LogP contribution in [0.25, 0.3) is 11.4 Å². The van der Waals surface area contributed by atoms with Crippen LogP contribution in [0, 0.1) is 0 Å². The van der Waals surface area contributed by atoms with E-state index in [1.54, 1.807) is 4.90 Å². The van der Waals surface area contributed by atoms with Crippen molar-refractivity contribution in [3.63, 3.8) is 0 Å². The highest BCUT2D eigenvalue weighted by atomic mass is 32.1. The van der Waals surface area contributed by atoms with E-state index in [-0.39, 0.29) is 18.2 Å². The first-order valence-corrected chi connectivity index (χ1v) is 7.99. The Morgan fingerprint density at radius 1 is 1.27 bits per heavy atom. The van der Waals surface area contributed by atoms with Gasteiger partial charge in [0.1, 0.15) is 0 Å². The van der Waals surface area contributed by atoms with E-state index in [2.05, 4.69) is 14.7 Å². The fraction of sp³-hybridized carbons (Fsp3) is 0.400. The SMILES string of the molecule is CC1CN(C(=O)Nc2nc(-c3ccccc3)ns2)CC(C)O1. The molecule has 0 saturated carbocycles. The molecule has 1 aromatic carbocycles. The molecule has 2 unspecified atom stereocenters. The van der Waals surface area contributed by atoms with Crippen LogP contribution < -0.4 is 5.32 Å². The predicted molar refractivity (Wildman–Crippen MR) is 85.9 cm³/mol. The van der Waals surface area contributed by atoms with Crippen LogP contribution in [0.3, 0.4) is 0 Å². The predicted octanol–water partition coefficient (Wildman–Crippen LogP) is 2.85. The van der Waals surface area contributed by atoms with E-state index >= 15 is 0 Å². The summed E-state index contributed by atoms with van der Waals surface area (Å²) in [4.78, 5) is 18.4. The average molecular weight is 318 g/mol. The third-order valence-corrected chi connectivity index (χ3v) is 4.01. The molecule has 22 heavy (non-hydrogen) atoms. The highest BCUT2D eigenvalue weighted by molar-refractivity contribution is 7.10. The van der Waals surface area contributed by atoms with E-state index in [0.717, 1.165) is 5.56 Å². The summed E-state index contributed by atoms with van der Waals surface area (Å²) in [6.45, 7) is 5.10. The Labute approximate surface area is 133 Å². The second kappa shape index (κ2) is 6.41. The number of anilines is 1. The summed E-state index contributed by atoms with van der Waals surface area (Å²) in [7, 11) is 0. The Bertz CT molecular complexity index is 636.